The number of nitrogens with zero attached hydrogens (tertiary/aromatic N) is 2. The SMILES string of the molecule is O=C(O)c1sc2nccc3c2c1NC(=O)N3C1=CC(OC2=CCCC=C2)CC=C1. The van der Waals surface area contributed by atoms with Crippen molar-refractivity contribution in [3.05, 3.63) is 65.1 Å². The van der Waals surface area contributed by atoms with Gasteiger partial charge in [0.15, 0.2) is 0 Å². The van der Waals surface area contributed by atoms with E-state index in [4.69, 9.17) is 4.74 Å². The number of nitrogens with one attached hydrogen (secondary N) is 1. The number of hydrogen-bond acceptors (Lipinski definition) is 5. The number of anilines is 2. The summed E-state index contributed by atoms with van der Waals surface area (Å²) in [6, 6.07) is 1.33. The van der Waals surface area contributed by atoms with Gasteiger partial charge in [-0.3, -0.25) is 4.90 Å². The molecule has 0 radical (unpaired) electrons. The van der Waals surface area contributed by atoms with Crippen molar-refractivity contribution >= 4 is 44.9 Å². The van der Waals surface area contributed by atoms with Crippen LogP contribution in [0.3, 0.4) is 0 Å². The Hall–Kier alpha value is -3.39. The van der Waals surface area contributed by atoms with Crippen LogP contribution in [0.2, 0.25) is 0 Å². The van der Waals surface area contributed by atoms with Crippen molar-refractivity contribution in [2.24, 2.45) is 0 Å². The molecule has 0 saturated carbocycles. The fourth-order valence-electron chi connectivity index (χ4n) is 3.71. The summed E-state index contributed by atoms with van der Waals surface area (Å²) >= 11 is 1.06. The molecule has 3 heterocycles. The van der Waals surface area contributed by atoms with Gasteiger partial charge in [0.25, 0.3) is 0 Å². The van der Waals surface area contributed by atoms with Crippen LogP contribution in [0.25, 0.3) is 10.2 Å². The number of carbonyl (C=O) groups is 2. The van der Waals surface area contributed by atoms with Crippen LogP contribution in [-0.4, -0.2) is 28.2 Å². The van der Waals surface area contributed by atoms with Gasteiger partial charge in [-0.15, -0.1) is 11.3 Å². The summed E-state index contributed by atoms with van der Waals surface area (Å²) in [7, 11) is 0. The Labute approximate surface area is 170 Å². The number of allylic oxidation sites excluding steroid dienone is 4. The van der Waals surface area contributed by atoms with Gasteiger partial charge in [0.1, 0.15) is 21.6 Å². The van der Waals surface area contributed by atoms with Crippen LogP contribution in [0.15, 0.2) is 60.2 Å². The molecule has 3 aliphatic rings. The molecule has 29 heavy (non-hydrogen) atoms. The molecular weight excluding hydrogens is 390 g/mol. The lowest BCUT2D eigenvalue weighted by molar-refractivity contribution is 0.0703. The molecule has 0 saturated heterocycles. The van der Waals surface area contributed by atoms with Crippen LogP contribution in [0.4, 0.5) is 16.2 Å². The second kappa shape index (κ2) is 6.89. The van der Waals surface area contributed by atoms with Crippen LogP contribution < -0.4 is 10.2 Å². The predicted octanol–water partition coefficient (Wildman–Crippen LogP) is 4.81. The molecule has 2 aromatic heterocycles. The molecule has 2 N–H and O–H groups in total. The molecule has 5 rings (SSSR count). The lowest BCUT2D eigenvalue weighted by Crippen LogP contribution is -2.37. The minimum Gasteiger partial charge on any atom is -0.486 e. The normalized spacial score (nSPS) is 20.3. The Morgan fingerprint density at radius 1 is 1.31 bits per heavy atom. The summed E-state index contributed by atoms with van der Waals surface area (Å²) in [6.45, 7) is 0. The highest BCUT2D eigenvalue weighted by Crippen LogP contribution is 2.44. The topological polar surface area (TPSA) is 91.8 Å². The monoisotopic (exact) mass is 407 g/mol. The first-order chi connectivity index (χ1) is 14.1. The summed E-state index contributed by atoms with van der Waals surface area (Å²) in [5.74, 6) is -0.241. The number of aromatic carboxylic acids is 1. The van der Waals surface area contributed by atoms with Crippen molar-refractivity contribution in [2.75, 3.05) is 10.2 Å². The maximum Gasteiger partial charge on any atom is 0.348 e. The number of carboxylic acids is 1. The molecule has 7 nitrogen and oxygen atoms in total. The average Bonchev–Trinajstić information content (AvgIpc) is 3.09. The first kappa shape index (κ1) is 17.7. The van der Waals surface area contributed by atoms with Gasteiger partial charge in [0, 0.05) is 12.6 Å². The van der Waals surface area contributed by atoms with Gasteiger partial charge in [0.05, 0.1) is 22.5 Å². The second-order valence-corrected chi connectivity index (χ2v) is 7.86. The first-order valence-corrected chi connectivity index (χ1v) is 10.1. The summed E-state index contributed by atoms with van der Waals surface area (Å²) < 4.78 is 6.07. The molecule has 2 aromatic rings. The summed E-state index contributed by atoms with van der Waals surface area (Å²) in [5, 5.41) is 12.9. The van der Waals surface area contributed by atoms with E-state index in [0.29, 0.717) is 33.7 Å². The van der Waals surface area contributed by atoms with Crippen molar-refractivity contribution < 1.29 is 19.4 Å². The zero-order chi connectivity index (χ0) is 20.0. The Morgan fingerprint density at radius 3 is 3.00 bits per heavy atom. The van der Waals surface area contributed by atoms with E-state index >= 15 is 0 Å². The van der Waals surface area contributed by atoms with E-state index < -0.39 is 12.0 Å². The Kier molecular flexibility index (Phi) is 4.21. The number of ether oxygens (including phenoxy) is 1. The molecular formula is C21H17N3O4S. The number of carbonyl (C=O) groups excluding carboxylic acids is 1. The molecule has 1 atom stereocenters. The lowest BCUT2D eigenvalue weighted by atomic mass is 10.1. The third-order valence-corrected chi connectivity index (χ3v) is 6.05. The van der Waals surface area contributed by atoms with Crippen molar-refractivity contribution in [3.63, 3.8) is 0 Å². The molecule has 0 aromatic carbocycles. The second-order valence-electron chi connectivity index (χ2n) is 6.86. The largest absolute Gasteiger partial charge is 0.486 e. The highest BCUT2D eigenvalue weighted by Gasteiger charge is 2.33. The van der Waals surface area contributed by atoms with Crippen LogP contribution in [0.5, 0.6) is 0 Å². The highest BCUT2D eigenvalue weighted by atomic mass is 32.1. The van der Waals surface area contributed by atoms with Crippen molar-refractivity contribution in [1.82, 2.24) is 4.98 Å². The Bertz CT molecular complexity index is 1160. The van der Waals surface area contributed by atoms with Gasteiger partial charge in [-0.05, 0) is 43.2 Å². The lowest BCUT2D eigenvalue weighted by Gasteiger charge is -2.31. The Morgan fingerprint density at radius 2 is 2.21 bits per heavy atom. The van der Waals surface area contributed by atoms with Gasteiger partial charge in [0.2, 0.25) is 0 Å². The van der Waals surface area contributed by atoms with E-state index in [1.165, 1.54) is 0 Å². The maximum atomic E-state index is 12.9. The summed E-state index contributed by atoms with van der Waals surface area (Å²) in [4.78, 5) is 31.0. The molecule has 146 valence electrons. The smallest absolute Gasteiger partial charge is 0.348 e. The molecule has 0 bridgehead atoms. The molecule has 2 aliphatic carbocycles. The average molecular weight is 407 g/mol. The number of rotatable bonds is 4. The fraction of sp³-hybridized carbons (Fsp3) is 0.190. The van der Waals surface area contributed by atoms with Gasteiger partial charge >= 0.3 is 12.0 Å². The predicted molar refractivity (Wildman–Crippen MR) is 111 cm³/mol. The zero-order valence-corrected chi connectivity index (χ0v) is 16.1. The van der Waals surface area contributed by atoms with Crippen molar-refractivity contribution in [1.29, 1.82) is 0 Å². The van der Waals surface area contributed by atoms with E-state index in [9.17, 15) is 14.7 Å². The molecule has 8 heteroatoms. The van der Waals surface area contributed by atoms with Gasteiger partial charge in [-0.25, -0.2) is 14.6 Å². The minimum absolute atomic E-state index is 0.0818. The maximum absolute atomic E-state index is 12.9. The van der Waals surface area contributed by atoms with E-state index in [0.717, 1.165) is 29.9 Å². The number of thiophene rings is 1. The van der Waals surface area contributed by atoms with E-state index in [-0.39, 0.29) is 11.0 Å². The molecule has 1 unspecified atom stereocenters. The van der Waals surface area contributed by atoms with Crippen LogP contribution >= 0.6 is 11.3 Å². The summed E-state index contributed by atoms with van der Waals surface area (Å²) in [6.07, 6.45) is 16.0. The molecule has 2 amide bonds. The first-order valence-electron chi connectivity index (χ1n) is 9.29. The number of pyridine rings is 1. The number of carboxylic acid groups (broad SMARTS) is 1. The van der Waals surface area contributed by atoms with E-state index in [1.54, 1.807) is 17.2 Å². The van der Waals surface area contributed by atoms with Gasteiger partial charge in [-0.2, -0.15) is 0 Å². The highest BCUT2D eigenvalue weighted by molar-refractivity contribution is 7.21. The van der Waals surface area contributed by atoms with E-state index in [2.05, 4.69) is 22.5 Å². The van der Waals surface area contributed by atoms with Crippen LogP contribution in [0.1, 0.15) is 28.9 Å². The number of amides is 2. The van der Waals surface area contributed by atoms with E-state index in [1.807, 2.05) is 24.3 Å². The molecule has 1 aliphatic heterocycles. The molecule has 0 fully saturated rings. The zero-order valence-electron chi connectivity index (χ0n) is 15.3. The Balaban J connectivity index is 1.54. The summed E-state index contributed by atoms with van der Waals surface area (Å²) in [5.41, 5.74) is 1.61. The number of urea groups is 1. The third-order valence-electron chi connectivity index (χ3n) is 4.96. The van der Waals surface area contributed by atoms with Gasteiger partial charge in [-0.1, -0.05) is 12.2 Å². The van der Waals surface area contributed by atoms with Crippen LogP contribution in [-0.2, 0) is 4.74 Å². The van der Waals surface area contributed by atoms with Crippen molar-refractivity contribution in [3.8, 4) is 0 Å². The third kappa shape index (κ3) is 3.01. The quantitative estimate of drug-likeness (QED) is 0.759. The molecule has 0 spiro atoms. The fourth-order valence-corrected chi connectivity index (χ4v) is 4.67. The number of hydrogen-bond donors (Lipinski definition) is 2. The standard InChI is InChI=1S/C21H17N3O4S/c25-20(26)18-17-16-15(9-10-22-19(16)29-18)24(21(27)23-17)12-5-4-8-14(11-12)28-13-6-2-1-3-7-13/h2,4-7,9-11,14H,1,3,8H2,(H,23,27)(H,25,26). The van der Waals surface area contributed by atoms with Crippen LogP contribution in [0, 0.1) is 0 Å². The minimum atomic E-state index is -1.08. The van der Waals surface area contributed by atoms with Gasteiger partial charge < -0.3 is 15.2 Å². The number of aromatic nitrogens is 1. The van der Waals surface area contributed by atoms with Crippen molar-refractivity contribution in [2.45, 2.75) is 25.4 Å².